The molecule has 0 fully saturated rings. The van der Waals surface area contributed by atoms with Crippen LogP contribution < -0.4 is 5.32 Å². The van der Waals surface area contributed by atoms with E-state index in [0.717, 1.165) is 27.6 Å². The van der Waals surface area contributed by atoms with Crippen LogP contribution in [0.15, 0.2) is 34.9 Å². The van der Waals surface area contributed by atoms with Gasteiger partial charge in [-0.2, -0.15) is 10.2 Å². The molecule has 0 unspecified atom stereocenters. The first-order valence-electron chi connectivity index (χ1n) is 8.13. The van der Waals surface area contributed by atoms with E-state index in [1.54, 1.807) is 6.07 Å². The van der Waals surface area contributed by atoms with Gasteiger partial charge in [-0.25, -0.2) is 4.79 Å². The zero-order valence-electron chi connectivity index (χ0n) is 15.0. The van der Waals surface area contributed by atoms with E-state index in [1.807, 2.05) is 36.7 Å². The summed E-state index contributed by atoms with van der Waals surface area (Å²) in [7, 11) is 1.53. The molecule has 1 amide bonds. The number of hydrogen-bond acceptors (Lipinski definition) is 4. The van der Waals surface area contributed by atoms with Crippen molar-refractivity contribution in [3.8, 4) is 0 Å². The van der Waals surface area contributed by atoms with Crippen LogP contribution in [-0.2, 0) is 13.6 Å². The first kappa shape index (κ1) is 18.8. The normalized spacial score (nSPS) is 10.8. The van der Waals surface area contributed by atoms with Crippen LogP contribution in [0.1, 0.15) is 37.8 Å². The average Bonchev–Trinajstić information content (AvgIpc) is 3.11. The van der Waals surface area contributed by atoms with Crippen LogP contribution in [-0.4, -0.2) is 36.5 Å². The molecule has 1 aromatic carbocycles. The van der Waals surface area contributed by atoms with Crippen LogP contribution in [0.25, 0.3) is 0 Å². The number of rotatable bonds is 5. The standard InChI is InChI=1S/C18H18BrN5O3/c1-10-15(19)11(2)24(22-10)9-12-5-4-6-13(7-12)21-17(25)16-14(18(26)27)8-20-23(16)3/h4-8H,9H2,1-3H3,(H,21,25)(H,26,27). The molecule has 2 aromatic heterocycles. The molecule has 0 radical (unpaired) electrons. The molecule has 2 N–H and O–H groups in total. The predicted molar refractivity (Wildman–Crippen MR) is 103 cm³/mol. The maximum absolute atomic E-state index is 12.5. The Labute approximate surface area is 163 Å². The van der Waals surface area contributed by atoms with Gasteiger partial charge in [0.05, 0.1) is 28.6 Å². The lowest BCUT2D eigenvalue weighted by Gasteiger charge is -2.09. The lowest BCUT2D eigenvalue weighted by molar-refractivity contribution is 0.0692. The van der Waals surface area contributed by atoms with E-state index >= 15 is 0 Å². The highest BCUT2D eigenvalue weighted by Gasteiger charge is 2.21. The molecule has 2 heterocycles. The van der Waals surface area contributed by atoms with Gasteiger partial charge in [0.1, 0.15) is 11.3 Å². The van der Waals surface area contributed by atoms with E-state index in [1.165, 1.54) is 11.7 Å². The highest BCUT2D eigenvalue weighted by atomic mass is 79.9. The highest BCUT2D eigenvalue weighted by Crippen LogP contribution is 2.21. The Balaban J connectivity index is 1.82. The minimum atomic E-state index is -1.20. The van der Waals surface area contributed by atoms with Gasteiger partial charge < -0.3 is 10.4 Å². The van der Waals surface area contributed by atoms with Crippen molar-refractivity contribution < 1.29 is 14.7 Å². The van der Waals surface area contributed by atoms with Crippen molar-refractivity contribution in [1.29, 1.82) is 0 Å². The maximum atomic E-state index is 12.5. The third-order valence-corrected chi connectivity index (χ3v) is 5.34. The van der Waals surface area contributed by atoms with Gasteiger partial charge in [0.15, 0.2) is 0 Å². The predicted octanol–water partition coefficient (Wildman–Crippen LogP) is 2.99. The molecule has 0 atom stereocenters. The summed E-state index contributed by atoms with van der Waals surface area (Å²) in [6, 6.07) is 7.34. The van der Waals surface area contributed by atoms with E-state index in [4.69, 9.17) is 0 Å². The van der Waals surface area contributed by atoms with Crippen molar-refractivity contribution in [3.63, 3.8) is 0 Å². The largest absolute Gasteiger partial charge is 0.478 e. The molecule has 27 heavy (non-hydrogen) atoms. The first-order chi connectivity index (χ1) is 12.8. The summed E-state index contributed by atoms with van der Waals surface area (Å²) in [5.41, 5.74) is 3.30. The van der Waals surface area contributed by atoms with Crippen molar-refractivity contribution in [2.24, 2.45) is 7.05 Å². The van der Waals surface area contributed by atoms with Crippen LogP contribution in [0.3, 0.4) is 0 Å². The Morgan fingerprint density at radius 3 is 2.67 bits per heavy atom. The van der Waals surface area contributed by atoms with Crippen LogP contribution in [0.5, 0.6) is 0 Å². The maximum Gasteiger partial charge on any atom is 0.339 e. The van der Waals surface area contributed by atoms with E-state index in [9.17, 15) is 14.7 Å². The number of aromatic carboxylic acids is 1. The third-order valence-electron chi connectivity index (χ3n) is 4.19. The number of nitrogens with zero attached hydrogens (tertiary/aromatic N) is 4. The molecule has 0 aliphatic heterocycles. The summed E-state index contributed by atoms with van der Waals surface area (Å²) in [6.07, 6.45) is 1.16. The minimum Gasteiger partial charge on any atom is -0.478 e. The van der Waals surface area contributed by atoms with Gasteiger partial charge in [-0.05, 0) is 47.5 Å². The van der Waals surface area contributed by atoms with Crippen LogP contribution >= 0.6 is 15.9 Å². The van der Waals surface area contributed by atoms with Crippen molar-refractivity contribution in [1.82, 2.24) is 19.6 Å². The van der Waals surface area contributed by atoms with Gasteiger partial charge >= 0.3 is 5.97 Å². The Kier molecular flexibility index (Phi) is 5.13. The summed E-state index contributed by atoms with van der Waals surface area (Å²) in [6.45, 7) is 4.46. The Morgan fingerprint density at radius 2 is 2.04 bits per heavy atom. The second kappa shape index (κ2) is 7.36. The topological polar surface area (TPSA) is 102 Å². The zero-order valence-corrected chi connectivity index (χ0v) is 16.6. The van der Waals surface area contributed by atoms with Gasteiger partial charge in [-0.3, -0.25) is 14.2 Å². The molecule has 0 aliphatic carbocycles. The third kappa shape index (κ3) is 3.77. The second-order valence-corrected chi connectivity index (χ2v) is 6.93. The molecular formula is C18H18BrN5O3. The number of carboxylic acids is 1. The lowest BCUT2D eigenvalue weighted by Crippen LogP contribution is -2.19. The zero-order chi connectivity index (χ0) is 19.7. The first-order valence-corrected chi connectivity index (χ1v) is 8.92. The molecule has 0 aliphatic rings. The number of halogens is 1. The fraction of sp³-hybridized carbons (Fsp3) is 0.222. The summed E-state index contributed by atoms with van der Waals surface area (Å²) in [5, 5.41) is 20.3. The second-order valence-electron chi connectivity index (χ2n) is 6.13. The molecular weight excluding hydrogens is 414 g/mol. The molecule has 3 rings (SSSR count). The number of nitrogens with one attached hydrogen (secondary N) is 1. The summed E-state index contributed by atoms with van der Waals surface area (Å²) >= 11 is 3.51. The van der Waals surface area contributed by atoms with Gasteiger partial charge in [-0.1, -0.05) is 12.1 Å². The van der Waals surface area contributed by atoms with E-state index in [-0.39, 0.29) is 11.3 Å². The molecule has 0 bridgehead atoms. The number of amides is 1. The average molecular weight is 432 g/mol. The number of carbonyl (C=O) groups excluding carboxylic acids is 1. The van der Waals surface area contributed by atoms with Crippen molar-refractivity contribution in [2.75, 3.05) is 5.32 Å². The quantitative estimate of drug-likeness (QED) is 0.646. The highest BCUT2D eigenvalue weighted by molar-refractivity contribution is 9.10. The fourth-order valence-electron chi connectivity index (χ4n) is 2.80. The number of carboxylic acid groups (broad SMARTS) is 1. The Bertz CT molecular complexity index is 1040. The van der Waals surface area contributed by atoms with E-state index < -0.39 is 11.9 Å². The number of carbonyl (C=O) groups is 2. The molecule has 3 aromatic rings. The summed E-state index contributed by atoms with van der Waals surface area (Å²) in [5.74, 6) is -1.73. The lowest BCUT2D eigenvalue weighted by atomic mass is 10.2. The van der Waals surface area contributed by atoms with E-state index in [0.29, 0.717) is 12.2 Å². The van der Waals surface area contributed by atoms with Crippen molar-refractivity contribution in [3.05, 3.63) is 63.1 Å². The van der Waals surface area contributed by atoms with Gasteiger partial charge in [-0.15, -0.1) is 0 Å². The van der Waals surface area contributed by atoms with E-state index in [2.05, 4.69) is 31.4 Å². The van der Waals surface area contributed by atoms with Crippen molar-refractivity contribution >= 4 is 33.5 Å². The Hall–Kier alpha value is -2.94. The van der Waals surface area contributed by atoms with Crippen LogP contribution in [0, 0.1) is 13.8 Å². The smallest absolute Gasteiger partial charge is 0.339 e. The van der Waals surface area contributed by atoms with Crippen molar-refractivity contribution in [2.45, 2.75) is 20.4 Å². The molecule has 9 heteroatoms. The minimum absolute atomic E-state index is 0.00428. The number of hydrogen-bond donors (Lipinski definition) is 2. The molecule has 8 nitrogen and oxygen atoms in total. The number of benzene rings is 1. The fourth-order valence-corrected chi connectivity index (χ4v) is 3.09. The monoisotopic (exact) mass is 431 g/mol. The molecule has 0 saturated heterocycles. The van der Waals surface area contributed by atoms with Gasteiger partial charge in [0.25, 0.3) is 5.91 Å². The van der Waals surface area contributed by atoms with Crippen LogP contribution in [0.2, 0.25) is 0 Å². The van der Waals surface area contributed by atoms with Gasteiger partial charge in [0, 0.05) is 12.7 Å². The molecule has 140 valence electrons. The number of anilines is 1. The number of aromatic nitrogens is 4. The number of aryl methyl sites for hydroxylation is 2. The Morgan fingerprint density at radius 1 is 1.30 bits per heavy atom. The summed E-state index contributed by atoms with van der Waals surface area (Å²) < 4.78 is 4.10. The SMILES string of the molecule is Cc1nn(Cc2cccc(NC(=O)c3c(C(=O)O)cnn3C)c2)c(C)c1Br. The molecule has 0 spiro atoms. The van der Waals surface area contributed by atoms with Crippen LogP contribution in [0.4, 0.5) is 5.69 Å². The summed E-state index contributed by atoms with van der Waals surface area (Å²) in [4.78, 5) is 23.8. The van der Waals surface area contributed by atoms with Gasteiger partial charge in [0.2, 0.25) is 0 Å². The molecule has 0 saturated carbocycles.